The molecule has 1 aromatic rings. The third kappa shape index (κ3) is 5.66. The smallest absolute Gasteiger partial charge is 0.441 e. The van der Waals surface area contributed by atoms with Crippen LogP contribution in [0, 0.1) is 10.1 Å². The van der Waals surface area contributed by atoms with Crippen LogP contribution in [0.2, 0.25) is 0 Å². The molecule has 9 heteroatoms. The van der Waals surface area contributed by atoms with Gasteiger partial charge in [-0.25, -0.2) is 0 Å². The molecule has 0 amide bonds. The Morgan fingerprint density at radius 2 is 2.15 bits per heavy atom. The fourth-order valence-corrected chi connectivity index (χ4v) is 1.96. The van der Waals surface area contributed by atoms with E-state index in [4.69, 9.17) is 4.74 Å². The molecule has 112 valence electrons. The van der Waals surface area contributed by atoms with E-state index in [0.29, 0.717) is 11.3 Å². The quantitative estimate of drug-likeness (QED) is 0.476. The lowest BCUT2D eigenvalue weighted by atomic mass is 10.1. The molecule has 0 unspecified atom stereocenters. The summed E-state index contributed by atoms with van der Waals surface area (Å²) in [6.45, 7) is 0.333. The maximum Gasteiger partial charge on any atom is 0.441 e. The number of nitro benzene ring substituents is 1. The summed E-state index contributed by atoms with van der Waals surface area (Å²) in [6, 6.07) is 4.10. The molecule has 0 heterocycles. The van der Waals surface area contributed by atoms with Gasteiger partial charge < -0.3 is 10.1 Å². The minimum Gasteiger partial charge on any atom is -0.496 e. The zero-order chi connectivity index (χ0) is 15.2. The van der Waals surface area contributed by atoms with Crippen molar-refractivity contribution in [3.8, 4) is 5.75 Å². The normalized spacial score (nSPS) is 11.4. The molecule has 1 aromatic carbocycles. The number of nitro groups is 1. The molecule has 0 radical (unpaired) electrons. The number of halogens is 3. The summed E-state index contributed by atoms with van der Waals surface area (Å²) in [7, 11) is 1.42. The van der Waals surface area contributed by atoms with Gasteiger partial charge in [0.05, 0.1) is 12.0 Å². The fraction of sp³-hybridized carbons (Fsp3) is 0.455. The van der Waals surface area contributed by atoms with Crippen LogP contribution in [0.1, 0.15) is 5.56 Å². The van der Waals surface area contributed by atoms with Crippen LogP contribution in [-0.2, 0) is 6.54 Å². The number of thioether (sulfide) groups is 1. The zero-order valence-electron chi connectivity index (χ0n) is 10.6. The number of hydrogen-bond acceptors (Lipinski definition) is 5. The Balaban J connectivity index is 2.53. The standard InChI is InChI=1S/C11H13F3N2O3S/c1-19-10-3-2-9(16(17)18)6-8(10)7-15-4-5-20-11(12,13)14/h2-3,6,15H,4-5,7H2,1H3. The van der Waals surface area contributed by atoms with E-state index in [0.717, 1.165) is 0 Å². The van der Waals surface area contributed by atoms with Crippen LogP contribution < -0.4 is 10.1 Å². The molecule has 1 N–H and O–H groups in total. The van der Waals surface area contributed by atoms with E-state index in [9.17, 15) is 23.3 Å². The van der Waals surface area contributed by atoms with Crippen molar-refractivity contribution in [1.82, 2.24) is 5.32 Å². The minimum absolute atomic E-state index is 0.0905. The predicted octanol–water partition coefficient (Wildman–Crippen LogP) is 2.95. The molecule has 0 fully saturated rings. The molecule has 0 aliphatic rings. The molecule has 0 spiro atoms. The molecule has 0 aromatic heterocycles. The van der Waals surface area contributed by atoms with Gasteiger partial charge in [-0.3, -0.25) is 10.1 Å². The van der Waals surface area contributed by atoms with Gasteiger partial charge in [0.2, 0.25) is 0 Å². The van der Waals surface area contributed by atoms with Crippen LogP contribution in [0.15, 0.2) is 18.2 Å². The number of benzene rings is 1. The minimum atomic E-state index is -4.25. The Morgan fingerprint density at radius 3 is 2.70 bits per heavy atom. The van der Waals surface area contributed by atoms with E-state index in [1.807, 2.05) is 0 Å². The predicted molar refractivity (Wildman–Crippen MR) is 69.9 cm³/mol. The number of rotatable bonds is 7. The third-order valence-electron chi connectivity index (χ3n) is 2.33. The van der Waals surface area contributed by atoms with E-state index in [1.165, 1.54) is 25.3 Å². The lowest BCUT2D eigenvalue weighted by molar-refractivity contribution is -0.384. The third-order valence-corrected chi connectivity index (χ3v) is 3.07. The summed E-state index contributed by atoms with van der Waals surface area (Å²) in [5.41, 5.74) is -3.81. The SMILES string of the molecule is COc1ccc([N+](=O)[O-])cc1CNCCSC(F)(F)F. The summed E-state index contributed by atoms with van der Waals surface area (Å²) in [5.74, 6) is 0.326. The van der Waals surface area contributed by atoms with E-state index in [2.05, 4.69) is 5.32 Å². The van der Waals surface area contributed by atoms with Gasteiger partial charge in [-0.2, -0.15) is 13.2 Å². The van der Waals surface area contributed by atoms with Crippen molar-refractivity contribution in [2.75, 3.05) is 19.4 Å². The van der Waals surface area contributed by atoms with Crippen LogP contribution in [-0.4, -0.2) is 29.8 Å². The molecule has 5 nitrogen and oxygen atoms in total. The lowest BCUT2D eigenvalue weighted by Crippen LogP contribution is -2.18. The highest BCUT2D eigenvalue weighted by Gasteiger charge is 2.27. The number of nitrogens with one attached hydrogen (secondary N) is 1. The highest BCUT2D eigenvalue weighted by Crippen LogP contribution is 2.29. The number of alkyl halides is 3. The van der Waals surface area contributed by atoms with E-state index < -0.39 is 10.4 Å². The Hall–Kier alpha value is -1.48. The second-order valence-corrected chi connectivity index (χ2v) is 4.88. The van der Waals surface area contributed by atoms with Crippen molar-refractivity contribution in [3.63, 3.8) is 0 Å². The van der Waals surface area contributed by atoms with Crippen molar-refractivity contribution < 1.29 is 22.8 Å². The first-order chi connectivity index (χ1) is 9.33. The van der Waals surface area contributed by atoms with Crippen LogP contribution in [0.25, 0.3) is 0 Å². The van der Waals surface area contributed by atoms with Gasteiger partial charge >= 0.3 is 5.51 Å². The summed E-state index contributed by atoms with van der Waals surface area (Å²) < 4.78 is 40.8. The molecular formula is C11H13F3N2O3S. The summed E-state index contributed by atoms with van der Waals surface area (Å²) in [5, 5.41) is 13.4. The maximum absolute atomic E-state index is 11.9. The lowest BCUT2D eigenvalue weighted by Gasteiger charge is -2.10. The number of methoxy groups -OCH3 is 1. The maximum atomic E-state index is 11.9. The van der Waals surface area contributed by atoms with Crippen molar-refractivity contribution in [2.45, 2.75) is 12.1 Å². The molecule has 0 aliphatic heterocycles. The first-order valence-corrected chi connectivity index (χ1v) is 6.55. The summed E-state index contributed by atoms with van der Waals surface area (Å²) in [6.07, 6.45) is 0. The molecule has 0 saturated carbocycles. The van der Waals surface area contributed by atoms with Gasteiger partial charge in [-0.15, -0.1) is 0 Å². The number of ether oxygens (including phenoxy) is 1. The largest absolute Gasteiger partial charge is 0.496 e. The highest BCUT2D eigenvalue weighted by atomic mass is 32.2. The van der Waals surface area contributed by atoms with Crippen LogP contribution in [0.5, 0.6) is 5.75 Å². The Labute approximate surface area is 117 Å². The van der Waals surface area contributed by atoms with Gasteiger partial charge in [0.15, 0.2) is 0 Å². The Bertz CT molecular complexity index is 469. The van der Waals surface area contributed by atoms with Crippen LogP contribution in [0.4, 0.5) is 18.9 Å². The Kier molecular flexibility index (Phi) is 6.08. The molecular weight excluding hydrogens is 297 g/mol. The number of hydrogen-bond donors (Lipinski definition) is 1. The number of nitrogens with zero attached hydrogens (tertiary/aromatic N) is 1. The molecule has 0 atom stereocenters. The van der Waals surface area contributed by atoms with Crippen molar-refractivity contribution in [2.24, 2.45) is 0 Å². The van der Waals surface area contributed by atoms with Crippen molar-refractivity contribution in [3.05, 3.63) is 33.9 Å². The average molecular weight is 310 g/mol. The van der Waals surface area contributed by atoms with Gasteiger partial charge in [0, 0.05) is 36.5 Å². The Morgan fingerprint density at radius 1 is 1.45 bits per heavy atom. The molecule has 0 saturated heterocycles. The molecule has 0 bridgehead atoms. The second-order valence-electron chi connectivity index (χ2n) is 3.72. The summed E-state index contributed by atoms with van der Waals surface area (Å²) in [4.78, 5) is 10.1. The first kappa shape index (κ1) is 16.6. The van der Waals surface area contributed by atoms with Crippen LogP contribution in [0.3, 0.4) is 0 Å². The highest BCUT2D eigenvalue weighted by molar-refractivity contribution is 8.00. The fourth-order valence-electron chi connectivity index (χ4n) is 1.48. The first-order valence-electron chi connectivity index (χ1n) is 5.56. The van der Waals surface area contributed by atoms with Gasteiger partial charge in [0.25, 0.3) is 5.69 Å². The van der Waals surface area contributed by atoms with E-state index in [1.54, 1.807) is 0 Å². The van der Waals surface area contributed by atoms with Gasteiger partial charge in [-0.1, -0.05) is 0 Å². The zero-order valence-corrected chi connectivity index (χ0v) is 11.4. The monoisotopic (exact) mass is 310 g/mol. The molecule has 20 heavy (non-hydrogen) atoms. The number of non-ortho nitro benzene ring substituents is 1. The van der Waals surface area contributed by atoms with Crippen molar-refractivity contribution >= 4 is 17.4 Å². The van der Waals surface area contributed by atoms with Gasteiger partial charge in [-0.05, 0) is 17.8 Å². The van der Waals surface area contributed by atoms with E-state index in [-0.39, 0.29) is 36.3 Å². The van der Waals surface area contributed by atoms with Gasteiger partial charge in [0.1, 0.15) is 5.75 Å². The average Bonchev–Trinajstić information content (AvgIpc) is 2.36. The summed E-state index contributed by atoms with van der Waals surface area (Å²) >= 11 is -0.115. The molecule has 1 rings (SSSR count). The second kappa shape index (κ2) is 7.34. The van der Waals surface area contributed by atoms with Crippen molar-refractivity contribution in [1.29, 1.82) is 0 Å². The van der Waals surface area contributed by atoms with Crippen LogP contribution >= 0.6 is 11.8 Å². The van der Waals surface area contributed by atoms with E-state index >= 15 is 0 Å². The topological polar surface area (TPSA) is 64.4 Å². The molecule has 0 aliphatic carbocycles.